The summed E-state index contributed by atoms with van der Waals surface area (Å²) >= 11 is 6.00. The van der Waals surface area contributed by atoms with Gasteiger partial charge in [0.25, 0.3) is 5.56 Å². The van der Waals surface area contributed by atoms with Crippen molar-refractivity contribution in [2.45, 2.75) is 6.54 Å². The van der Waals surface area contributed by atoms with Gasteiger partial charge in [-0.25, -0.2) is 19.5 Å². The lowest BCUT2D eigenvalue weighted by atomic mass is 10.1. The monoisotopic (exact) mass is 456 g/mol. The van der Waals surface area contributed by atoms with Crippen molar-refractivity contribution in [2.24, 2.45) is 5.73 Å². The number of fused-ring (bicyclic) bond motifs is 1. The van der Waals surface area contributed by atoms with Gasteiger partial charge in [-0.3, -0.25) is 9.59 Å². The van der Waals surface area contributed by atoms with Crippen molar-refractivity contribution >= 4 is 28.4 Å². The molecule has 1 amide bonds. The minimum absolute atomic E-state index is 0.0328. The fourth-order valence-electron chi connectivity index (χ4n) is 3.67. The number of nitrogens with zero attached hydrogens (tertiary/aromatic N) is 5. The molecular formula is C24H17ClN6O2. The van der Waals surface area contributed by atoms with Crippen LogP contribution in [0.15, 0.2) is 84.0 Å². The number of pyridine rings is 1. The maximum absolute atomic E-state index is 13.4. The first kappa shape index (κ1) is 20.6. The van der Waals surface area contributed by atoms with Crippen LogP contribution >= 0.6 is 11.6 Å². The number of imidazole rings is 1. The van der Waals surface area contributed by atoms with E-state index < -0.39 is 5.91 Å². The van der Waals surface area contributed by atoms with Gasteiger partial charge in [0, 0.05) is 29.7 Å². The van der Waals surface area contributed by atoms with Crippen LogP contribution < -0.4 is 11.3 Å². The molecule has 3 heterocycles. The zero-order chi connectivity index (χ0) is 22.9. The maximum atomic E-state index is 13.4. The lowest BCUT2D eigenvalue weighted by Gasteiger charge is -2.14. The van der Waals surface area contributed by atoms with Gasteiger partial charge in [0.2, 0.25) is 5.91 Å². The molecule has 0 fully saturated rings. The van der Waals surface area contributed by atoms with Crippen LogP contribution in [-0.2, 0) is 11.3 Å². The number of halogens is 1. The van der Waals surface area contributed by atoms with E-state index >= 15 is 0 Å². The third-order valence-corrected chi connectivity index (χ3v) is 5.38. The molecule has 5 aromatic rings. The number of hydrogen-bond acceptors (Lipinski definition) is 5. The Hall–Kier alpha value is -4.30. The first-order valence-corrected chi connectivity index (χ1v) is 10.4. The van der Waals surface area contributed by atoms with Gasteiger partial charge in [0.15, 0.2) is 0 Å². The first-order chi connectivity index (χ1) is 16.0. The average molecular weight is 457 g/mol. The summed E-state index contributed by atoms with van der Waals surface area (Å²) in [5.74, 6) is 1.02. The Labute approximate surface area is 192 Å². The molecule has 2 N–H and O–H groups in total. The van der Waals surface area contributed by atoms with Crippen LogP contribution in [0.5, 0.6) is 0 Å². The Morgan fingerprint density at radius 2 is 1.67 bits per heavy atom. The molecule has 0 aliphatic carbocycles. The predicted molar refractivity (Wildman–Crippen MR) is 126 cm³/mol. The van der Waals surface area contributed by atoms with Crippen molar-refractivity contribution in [1.29, 1.82) is 0 Å². The number of carbonyl (C=O) groups is 1. The third-order valence-electron chi connectivity index (χ3n) is 5.16. The number of primary amides is 1. The molecule has 0 aliphatic heterocycles. The molecule has 2 aromatic carbocycles. The zero-order valence-electron chi connectivity index (χ0n) is 17.2. The molecule has 162 valence electrons. The number of rotatable bonds is 5. The van der Waals surface area contributed by atoms with Crippen molar-refractivity contribution < 1.29 is 4.79 Å². The second-order valence-electron chi connectivity index (χ2n) is 7.35. The summed E-state index contributed by atoms with van der Waals surface area (Å²) < 4.78 is 3.15. The molecule has 0 unspecified atom stereocenters. The van der Waals surface area contributed by atoms with E-state index in [0.29, 0.717) is 39.0 Å². The van der Waals surface area contributed by atoms with Crippen LogP contribution in [0.4, 0.5) is 0 Å². The summed E-state index contributed by atoms with van der Waals surface area (Å²) in [7, 11) is 0. The molecule has 8 nitrogen and oxygen atoms in total. The summed E-state index contributed by atoms with van der Waals surface area (Å²) in [4.78, 5) is 38.2. The third kappa shape index (κ3) is 3.88. The molecule has 0 radical (unpaired) electrons. The second-order valence-corrected chi connectivity index (χ2v) is 7.79. The van der Waals surface area contributed by atoms with Crippen molar-refractivity contribution in [1.82, 2.24) is 24.1 Å². The van der Waals surface area contributed by atoms with E-state index in [0.717, 1.165) is 5.56 Å². The van der Waals surface area contributed by atoms with E-state index in [4.69, 9.17) is 22.3 Å². The van der Waals surface area contributed by atoms with Crippen molar-refractivity contribution in [2.75, 3.05) is 0 Å². The van der Waals surface area contributed by atoms with Crippen molar-refractivity contribution in [3.05, 3.63) is 94.6 Å². The van der Waals surface area contributed by atoms with Gasteiger partial charge in [0.1, 0.15) is 24.0 Å². The van der Waals surface area contributed by atoms with E-state index in [2.05, 4.69) is 9.97 Å². The van der Waals surface area contributed by atoms with Gasteiger partial charge in [0.05, 0.1) is 15.9 Å². The number of nitrogens with two attached hydrogens (primary N) is 1. The number of aromatic nitrogens is 5. The molecule has 0 atom stereocenters. The number of benzene rings is 2. The summed E-state index contributed by atoms with van der Waals surface area (Å²) in [6, 6.07) is 17.9. The fraction of sp³-hybridized carbons (Fsp3) is 0.0417. The van der Waals surface area contributed by atoms with Crippen molar-refractivity contribution in [3.63, 3.8) is 0 Å². The quantitative estimate of drug-likeness (QED) is 0.435. The van der Waals surface area contributed by atoms with E-state index in [1.165, 1.54) is 10.8 Å². The van der Waals surface area contributed by atoms with Crippen LogP contribution in [-0.4, -0.2) is 30.0 Å². The summed E-state index contributed by atoms with van der Waals surface area (Å²) in [6.45, 7) is 0.0328. The van der Waals surface area contributed by atoms with Gasteiger partial charge in [-0.15, -0.1) is 0 Å². The summed E-state index contributed by atoms with van der Waals surface area (Å²) in [5.41, 5.74) is 7.20. The lowest BCUT2D eigenvalue weighted by molar-refractivity contribution is -0.118. The van der Waals surface area contributed by atoms with Gasteiger partial charge >= 0.3 is 0 Å². The van der Waals surface area contributed by atoms with E-state index in [1.807, 2.05) is 30.3 Å². The van der Waals surface area contributed by atoms with Crippen LogP contribution in [0.2, 0.25) is 5.02 Å². The number of carbonyl (C=O) groups excluding carboxylic acids is 1. The normalized spacial score (nSPS) is 11.1. The summed E-state index contributed by atoms with van der Waals surface area (Å²) in [6.07, 6.45) is 4.80. The molecule has 0 saturated carbocycles. The second kappa shape index (κ2) is 8.33. The summed E-state index contributed by atoms with van der Waals surface area (Å²) in [5, 5.41) is 0.959. The standard InChI is InChI=1S/C24H17ClN6O2/c25-17-9-10-21(28-13-17)31-23(29-19-4-2-1-3-18(19)24(31)33)16-7-5-15(6-8-16)22-27-11-12-30(22)14-20(26)32/h1-13H,14H2,(H2,26,32). The highest BCUT2D eigenvalue weighted by atomic mass is 35.5. The minimum Gasteiger partial charge on any atom is -0.368 e. The SMILES string of the molecule is NC(=O)Cn1ccnc1-c1ccc(-c2nc3ccccc3c(=O)n2-c2ccc(Cl)cn2)cc1. The molecule has 3 aromatic heterocycles. The predicted octanol–water partition coefficient (Wildman–Crippen LogP) is 3.45. The van der Waals surface area contributed by atoms with Crippen LogP contribution in [0.25, 0.3) is 39.5 Å². The van der Waals surface area contributed by atoms with Crippen LogP contribution in [0.1, 0.15) is 0 Å². The van der Waals surface area contributed by atoms with Gasteiger partial charge in [-0.2, -0.15) is 0 Å². The number of amides is 1. The smallest absolute Gasteiger partial charge is 0.267 e. The van der Waals surface area contributed by atoms with Gasteiger partial charge < -0.3 is 10.3 Å². The molecule has 33 heavy (non-hydrogen) atoms. The largest absolute Gasteiger partial charge is 0.368 e. The highest BCUT2D eigenvalue weighted by Gasteiger charge is 2.16. The molecular weight excluding hydrogens is 440 g/mol. The molecule has 9 heteroatoms. The van der Waals surface area contributed by atoms with Crippen LogP contribution in [0, 0.1) is 0 Å². The van der Waals surface area contributed by atoms with E-state index in [-0.39, 0.29) is 12.1 Å². The van der Waals surface area contributed by atoms with Gasteiger partial charge in [-0.1, -0.05) is 48.0 Å². The molecule has 5 rings (SSSR count). The molecule has 0 bridgehead atoms. The zero-order valence-corrected chi connectivity index (χ0v) is 18.0. The fourth-order valence-corrected chi connectivity index (χ4v) is 3.78. The lowest BCUT2D eigenvalue weighted by Crippen LogP contribution is -2.22. The highest BCUT2D eigenvalue weighted by molar-refractivity contribution is 6.30. The van der Waals surface area contributed by atoms with Crippen LogP contribution in [0.3, 0.4) is 0 Å². The first-order valence-electron chi connectivity index (χ1n) is 10.1. The molecule has 0 spiro atoms. The average Bonchev–Trinajstić information content (AvgIpc) is 3.27. The number of hydrogen-bond donors (Lipinski definition) is 1. The Balaban J connectivity index is 1.66. The van der Waals surface area contributed by atoms with E-state index in [1.54, 1.807) is 47.3 Å². The molecule has 0 aliphatic rings. The van der Waals surface area contributed by atoms with Crippen molar-refractivity contribution in [3.8, 4) is 28.6 Å². The van der Waals surface area contributed by atoms with Gasteiger partial charge in [-0.05, 0) is 24.3 Å². The minimum atomic E-state index is -0.453. The Kier molecular flexibility index (Phi) is 5.20. The Morgan fingerprint density at radius 3 is 2.36 bits per heavy atom. The van der Waals surface area contributed by atoms with E-state index in [9.17, 15) is 9.59 Å². The maximum Gasteiger partial charge on any atom is 0.267 e. The Bertz CT molecular complexity index is 1540. The number of para-hydroxylation sites is 1. The molecule has 0 saturated heterocycles. The topological polar surface area (TPSA) is 109 Å². The highest BCUT2D eigenvalue weighted by Crippen LogP contribution is 2.25. The Morgan fingerprint density at radius 1 is 0.939 bits per heavy atom.